The molecule has 0 saturated heterocycles. The summed E-state index contributed by atoms with van der Waals surface area (Å²) in [6, 6.07) is 6.61. The molecular formula is C10H16O2. The van der Waals surface area contributed by atoms with Crippen molar-refractivity contribution < 1.29 is 10.2 Å². The van der Waals surface area contributed by atoms with Gasteiger partial charge in [-0.2, -0.15) is 0 Å². The molecule has 1 atom stereocenters. The van der Waals surface area contributed by atoms with E-state index in [1.807, 2.05) is 6.92 Å². The van der Waals surface area contributed by atoms with E-state index in [9.17, 15) is 5.11 Å². The number of phenolic OH excluding ortho intramolecular Hbond substituents is 1. The zero-order valence-electron chi connectivity index (χ0n) is 6.49. The van der Waals surface area contributed by atoms with Crippen LogP contribution in [-0.2, 0) is 0 Å². The van der Waals surface area contributed by atoms with Crippen LogP contribution in [0.3, 0.4) is 0 Å². The third-order valence-corrected chi connectivity index (χ3v) is 1.66. The minimum Gasteiger partial charge on any atom is -0.508 e. The van der Waals surface area contributed by atoms with Crippen molar-refractivity contribution >= 4 is 0 Å². The molecule has 2 heteroatoms. The third kappa shape index (κ3) is 2.55. The van der Waals surface area contributed by atoms with Gasteiger partial charge in [0.05, 0.1) is 6.10 Å². The van der Waals surface area contributed by atoms with Crippen molar-refractivity contribution in [2.24, 2.45) is 0 Å². The maximum absolute atomic E-state index is 9.34. The molecule has 1 aromatic rings. The predicted octanol–water partition coefficient (Wildman–Crippen LogP) is 2.47. The maximum atomic E-state index is 9.34. The number of benzene rings is 1. The highest BCUT2D eigenvalue weighted by atomic mass is 16.3. The van der Waals surface area contributed by atoms with Crippen LogP contribution >= 0.6 is 0 Å². The van der Waals surface area contributed by atoms with Crippen LogP contribution in [0.4, 0.5) is 0 Å². The summed E-state index contributed by atoms with van der Waals surface area (Å²) in [6.07, 6.45) is 0.292. The van der Waals surface area contributed by atoms with Gasteiger partial charge in [-0.1, -0.05) is 26.5 Å². The summed E-state index contributed by atoms with van der Waals surface area (Å²) in [7, 11) is 0. The van der Waals surface area contributed by atoms with Crippen LogP contribution in [0.25, 0.3) is 0 Å². The lowest BCUT2D eigenvalue weighted by molar-refractivity contribution is 0.173. The van der Waals surface area contributed by atoms with E-state index in [-0.39, 0.29) is 13.2 Å². The van der Waals surface area contributed by atoms with E-state index in [1.54, 1.807) is 24.3 Å². The number of hydrogen-bond donors (Lipinski definition) is 2. The summed E-state index contributed by atoms with van der Waals surface area (Å²) in [5.74, 6) is 0.233. The summed E-state index contributed by atoms with van der Waals surface area (Å²) >= 11 is 0. The molecule has 0 aliphatic carbocycles. The Morgan fingerprint density at radius 3 is 2.17 bits per heavy atom. The lowest BCUT2D eigenvalue weighted by atomic mass is 10.1. The average molecular weight is 168 g/mol. The lowest BCUT2D eigenvalue weighted by Crippen LogP contribution is -1.93. The summed E-state index contributed by atoms with van der Waals surface area (Å²) < 4.78 is 0. The molecule has 0 fully saturated rings. The lowest BCUT2D eigenvalue weighted by Gasteiger charge is -2.06. The second kappa shape index (κ2) is 4.78. The first-order valence-electron chi connectivity index (χ1n) is 3.71. The quantitative estimate of drug-likeness (QED) is 0.712. The summed E-state index contributed by atoms with van der Waals surface area (Å²) in [6.45, 7) is 1.91. The van der Waals surface area contributed by atoms with Gasteiger partial charge in [-0.25, -0.2) is 0 Å². The van der Waals surface area contributed by atoms with E-state index in [4.69, 9.17) is 5.11 Å². The van der Waals surface area contributed by atoms with Crippen molar-refractivity contribution in [2.75, 3.05) is 0 Å². The molecule has 0 saturated carbocycles. The molecule has 0 radical (unpaired) electrons. The summed E-state index contributed by atoms with van der Waals surface area (Å²) in [5, 5.41) is 18.3. The predicted molar refractivity (Wildman–Crippen MR) is 50.1 cm³/mol. The van der Waals surface area contributed by atoms with Crippen LogP contribution in [0.15, 0.2) is 24.3 Å². The SMILES string of the molecule is C.CCC(O)c1ccc(O)cc1. The Morgan fingerprint density at radius 1 is 1.25 bits per heavy atom. The fourth-order valence-electron chi connectivity index (χ4n) is 0.932. The number of aliphatic hydroxyl groups excluding tert-OH is 1. The van der Waals surface area contributed by atoms with Crippen molar-refractivity contribution in [3.8, 4) is 5.75 Å². The average Bonchev–Trinajstić information content (AvgIpc) is 2.05. The first-order chi connectivity index (χ1) is 5.24. The van der Waals surface area contributed by atoms with Gasteiger partial charge in [0.25, 0.3) is 0 Å². The molecule has 0 amide bonds. The number of hydrogen-bond acceptors (Lipinski definition) is 2. The second-order valence-corrected chi connectivity index (χ2v) is 2.52. The van der Waals surface area contributed by atoms with Crippen molar-refractivity contribution in [1.29, 1.82) is 0 Å². The third-order valence-electron chi connectivity index (χ3n) is 1.66. The van der Waals surface area contributed by atoms with Crippen LogP contribution in [0.2, 0.25) is 0 Å². The van der Waals surface area contributed by atoms with E-state index in [2.05, 4.69) is 0 Å². The van der Waals surface area contributed by atoms with Gasteiger partial charge in [-0.05, 0) is 24.1 Å². The number of rotatable bonds is 2. The van der Waals surface area contributed by atoms with Crippen molar-refractivity contribution in [3.63, 3.8) is 0 Å². The van der Waals surface area contributed by atoms with Crippen LogP contribution in [0.5, 0.6) is 5.75 Å². The maximum Gasteiger partial charge on any atom is 0.115 e. The number of aromatic hydroxyl groups is 1. The van der Waals surface area contributed by atoms with E-state index in [0.717, 1.165) is 5.56 Å². The fraction of sp³-hybridized carbons (Fsp3) is 0.400. The minimum atomic E-state index is -0.407. The van der Waals surface area contributed by atoms with E-state index in [1.165, 1.54) is 0 Å². The van der Waals surface area contributed by atoms with Crippen LogP contribution in [-0.4, -0.2) is 10.2 Å². The molecule has 2 nitrogen and oxygen atoms in total. The molecule has 68 valence electrons. The fourth-order valence-corrected chi connectivity index (χ4v) is 0.932. The molecule has 1 rings (SSSR count). The normalized spacial score (nSPS) is 11.8. The van der Waals surface area contributed by atoms with E-state index < -0.39 is 6.10 Å². The molecule has 0 aromatic heterocycles. The van der Waals surface area contributed by atoms with Gasteiger partial charge in [0.1, 0.15) is 5.75 Å². The Kier molecular flexibility index (Phi) is 4.37. The van der Waals surface area contributed by atoms with Crippen molar-refractivity contribution in [3.05, 3.63) is 29.8 Å². The highest BCUT2D eigenvalue weighted by Crippen LogP contribution is 2.18. The van der Waals surface area contributed by atoms with Gasteiger partial charge in [-0.3, -0.25) is 0 Å². The Balaban J connectivity index is 0.00000121. The van der Waals surface area contributed by atoms with Crippen LogP contribution < -0.4 is 0 Å². The second-order valence-electron chi connectivity index (χ2n) is 2.52. The van der Waals surface area contributed by atoms with Crippen LogP contribution in [0.1, 0.15) is 32.4 Å². The topological polar surface area (TPSA) is 40.5 Å². The Labute approximate surface area is 73.5 Å². The highest BCUT2D eigenvalue weighted by molar-refractivity contribution is 5.27. The molecular weight excluding hydrogens is 152 g/mol. The van der Waals surface area contributed by atoms with Gasteiger partial charge >= 0.3 is 0 Å². The zero-order valence-corrected chi connectivity index (χ0v) is 6.49. The molecule has 0 aliphatic heterocycles. The number of aliphatic hydroxyl groups is 1. The molecule has 0 aliphatic rings. The molecule has 1 aromatic carbocycles. The van der Waals surface area contributed by atoms with Gasteiger partial charge < -0.3 is 10.2 Å². The first-order valence-corrected chi connectivity index (χ1v) is 3.71. The van der Waals surface area contributed by atoms with Gasteiger partial charge in [0.15, 0.2) is 0 Å². The largest absolute Gasteiger partial charge is 0.508 e. The molecule has 1 unspecified atom stereocenters. The number of phenols is 1. The molecule has 0 spiro atoms. The molecule has 2 N–H and O–H groups in total. The van der Waals surface area contributed by atoms with E-state index in [0.29, 0.717) is 6.42 Å². The minimum absolute atomic E-state index is 0. The van der Waals surface area contributed by atoms with Crippen LogP contribution in [0, 0.1) is 0 Å². The summed E-state index contributed by atoms with van der Waals surface area (Å²) in [5.41, 5.74) is 0.852. The van der Waals surface area contributed by atoms with Crippen molar-refractivity contribution in [2.45, 2.75) is 26.9 Å². The monoisotopic (exact) mass is 168 g/mol. The Morgan fingerprint density at radius 2 is 1.75 bits per heavy atom. The van der Waals surface area contributed by atoms with E-state index >= 15 is 0 Å². The van der Waals surface area contributed by atoms with Gasteiger partial charge in [0, 0.05) is 0 Å². The standard InChI is InChI=1S/C9H12O2.CH4/c1-2-9(11)7-3-5-8(10)6-4-7;/h3-6,9-11H,2H2,1H3;1H4. The van der Waals surface area contributed by atoms with Gasteiger partial charge in [-0.15, -0.1) is 0 Å². The Hall–Kier alpha value is -1.02. The smallest absolute Gasteiger partial charge is 0.115 e. The first kappa shape index (κ1) is 11.0. The van der Waals surface area contributed by atoms with Crippen molar-refractivity contribution in [1.82, 2.24) is 0 Å². The molecule has 0 heterocycles. The molecule has 12 heavy (non-hydrogen) atoms. The van der Waals surface area contributed by atoms with Gasteiger partial charge in [0.2, 0.25) is 0 Å². The highest BCUT2D eigenvalue weighted by Gasteiger charge is 2.02. The summed E-state index contributed by atoms with van der Waals surface area (Å²) in [4.78, 5) is 0. The molecule has 0 bridgehead atoms. The zero-order chi connectivity index (χ0) is 8.27. The Bertz CT molecular complexity index is 216.